The van der Waals surface area contributed by atoms with Crippen LogP contribution in [0.15, 0.2) is 24.3 Å². The lowest BCUT2D eigenvalue weighted by atomic mass is 10.3. The Labute approximate surface area is 84.3 Å². The predicted molar refractivity (Wildman–Crippen MR) is 57.0 cm³/mol. The van der Waals surface area contributed by atoms with E-state index >= 15 is 0 Å². The Hall–Kier alpha value is -0.830. The van der Waals surface area contributed by atoms with Gasteiger partial charge in [0.15, 0.2) is 0 Å². The molecule has 0 N–H and O–H groups in total. The van der Waals surface area contributed by atoms with E-state index in [9.17, 15) is 0 Å². The van der Waals surface area contributed by atoms with Crippen molar-refractivity contribution in [2.24, 2.45) is 0 Å². The standard InChI is InChI=1S/C10H14O2S/c1-2-11-9-3-5-10(6-4-9)12-7-8-13/h3-6,13H,2,7-8H2,1H3. The van der Waals surface area contributed by atoms with Crippen molar-refractivity contribution in [1.29, 1.82) is 0 Å². The van der Waals surface area contributed by atoms with E-state index in [4.69, 9.17) is 9.47 Å². The van der Waals surface area contributed by atoms with Crippen LogP contribution >= 0.6 is 12.6 Å². The first-order valence-corrected chi connectivity index (χ1v) is 4.96. The Morgan fingerprint density at radius 3 is 2.08 bits per heavy atom. The van der Waals surface area contributed by atoms with Crippen molar-refractivity contribution in [3.05, 3.63) is 24.3 Å². The lowest BCUT2D eigenvalue weighted by Crippen LogP contribution is -1.98. The summed E-state index contributed by atoms with van der Waals surface area (Å²) >= 11 is 4.05. The Kier molecular flexibility index (Phi) is 4.54. The fraction of sp³-hybridized carbons (Fsp3) is 0.400. The normalized spacial score (nSPS) is 9.69. The van der Waals surface area contributed by atoms with Gasteiger partial charge in [-0.1, -0.05) is 0 Å². The first-order valence-electron chi connectivity index (χ1n) is 4.33. The van der Waals surface area contributed by atoms with Crippen molar-refractivity contribution < 1.29 is 9.47 Å². The minimum atomic E-state index is 0.636. The third kappa shape index (κ3) is 3.59. The minimum absolute atomic E-state index is 0.636. The zero-order valence-corrected chi connectivity index (χ0v) is 8.59. The summed E-state index contributed by atoms with van der Waals surface area (Å²) in [4.78, 5) is 0. The molecular formula is C10H14O2S. The fourth-order valence-corrected chi connectivity index (χ4v) is 1.05. The number of hydrogen-bond donors (Lipinski definition) is 1. The third-order valence-corrected chi connectivity index (χ3v) is 1.68. The molecule has 0 aliphatic carbocycles. The van der Waals surface area contributed by atoms with E-state index in [0.717, 1.165) is 17.3 Å². The molecule has 0 spiro atoms. The second-order valence-corrected chi connectivity index (χ2v) is 2.92. The van der Waals surface area contributed by atoms with Gasteiger partial charge in [0.05, 0.1) is 13.2 Å². The molecule has 0 saturated heterocycles. The molecule has 0 amide bonds. The van der Waals surface area contributed by atoms with Crippen LogP contribution in [-0.4, -0.2) is 19.0 Å². The van der Waals surface area contributed by atoms with Crippen molar-refractivity contribution in [1.82, 2.24) is 0 Å². The first-order chi connectivity index (χ1) is 6.36. The van der Waals surface area contributed by atoms with Crippen LogP contribution in [0.5, 0.6) is 11.5 Å². The van der Waals surface area contributed by atoms with Gasteiger partial charge < -0.3 is 9.47 Å². The molecule has 0 bridgehead atoms. The van der Waals surface area contributed by atoms with Crippen LogP contribution in [0.4, 0.5) is 0 Å². The molecule has 0 aliphatic heterocycles. The Bertz CT molecular complexity index is 233. The average Bonchev–Trinajstić information content (AvgIpc) is 2.17. The van der Waals surface area contributed by atoms with E-state index in [-0.39, 0.29) is 0 Å². The van der Waals surface area contributed by atoms with E-state index < -0.39 is 0 Å². The molecule has 13 heavy (non-hydrogen) atoms. The molecule has 0 aliphatic rings. The van der Waals surface area contributed by atoms with Gasteiger partial charge in [-0.25, -0.2) is 0 Å². The highest BCUT2D eigenvalue weighted by Gasteiger charge is 1.94. The average molecular weight is 198 g/mol. The van der Waals surface area contributed by atoms with Crippen LogP contribution in [0, 0.1) is 0 Å². The number of benzene rings is 1. The monoisotopic (exact) mass is 198 g/mol. The summed E-state index contributed by atoms with van der Waals surface area (Å²) in [6.07, 6.45) is 0. The van der Waals surface area contributed by atoms with Crippen molar-refractivity contribution in [2.45, 2.75) is 6.92 Å². The number of thiol groups is 1. The van der Waals surface area contributed by atoms with E-state index in [0.29, 0.717) is 13.2 Å². The van der Waals surface area contributed by atoms with Gasteiger partial charge in [0, 0.05) is 5.75 Å². The molecular weight excluding hydrogens is 184 g/mol. The minimum Gasteiger partial charge on any atom is -0.494 e. The van der Waals surface area contributed by atoms with E-state index in [1.807, 2.05) is 31.2 Å². The number of ether oxygens (including phenoxy) is 2. The Morgan fingerprint density at radius 1 is 1.08 bits per heavy atom. The van der Waals surface area contributed by atoms with E-state index in [1.165, 1.54) is 0 Å². The van der Waals surface area contributed by atoms with Crippen molar-refractivity contribution in [3.63, 3.8) is 0 Å². The number of hydrogen-bond acceptors (Lipinski definition) is 3. The highest BCUT2D eigenvalue weighted by molar-refractivity contribution is 7.80. The molecule has 72 valence electrons. The Balaban J connectivity index is 2.48. The molecule has 1 aromatic rings. The van der Waals surface area contributed by atoms with E-state index in [1.54, 1.807) is 0 Å². The molecule has 0 saturated carbocycles. The molecule has 0 fully saturated rings. The summed E-state index contributed by atoms with van der Waals surface area (Å²) in [5.74, 6) is 2.46. The quantitative estimate of drug-likeness (QED) is 0.732. The van der Waals surface area contributed by atoms with Crippen molar-refractivity contribution in [3.8, 4) is 11.5 Å². The van der Waals surface area contributed by atoms with Gasteiger partial charge in [-0.2, -0.15) is 12.6 Å². The molecule has 1 rings (SSSR count). The summed E-state index contributed by atoms with van der Waals surface area (Å²) in [7, 11) is 0. The predicted octanol–water partition coefficient (Wildman–Crippen LogP) is 2.39. The van der Waals surface area contributed by atoms with Gasteiger partial charge in [0.2, 0.25) is 0 Å². The lowest BCUT2D eigenvalue weighted by molar-refractivity contribution is 0.332. The maximum Gasteiger partial charge on any atom is 0.119 e. The zero-order valence-electron chi connectivity index (χ0n) is 7.69. The van der Waals surface area contributed by atoms with Gasteiger partial charge in [-0.05, 0) is 31.2 Å². The zero-order chi connectivity index (χ0) is 9.52. The molecule has 0 unspecified atom stereocenters. The second kappa shape index (κ2) is 5.75. The smallest absolute Gasteiger partial charge is 0.119 e. The molecule has 2 nitrogen and oxygen atoms in total. The van der Waals surface area contributed by atoms with Gasteiger partial charge in [0.25, 0.3) is 0 Å². The van der Waals surface area contributed by atoms with Crippen LogP contribution in [0.2, 0.25) is 0 Å². The number of rotatable bonds is 5. The van der Waals surface area contributed by atoms with Gasteiger partial charge >= 0.3 is 0 Å². The first kappa shape index (κ1) is 10.3. The van der Waals surface area contributed by atoms with Crippen LogP contribution in [0.3, 0.4) is 0 Å². The summed E-state index contributed by atoms with van der Waals surface area (Å²) in [5.41, 5.74) is 0. The van der Waals surface area contributed by atoms with Crippen LogP contribution in [0.1, 0.15) is 6.92 Å². The summed E-state index contributed by atoms with van der Waals surface area (Å²) < 4.78 is 10.7. The SMILES string of the molecule is CCOc1ccc(OCCS)cc1. The summed E-state index contributed by atoms with van der Waals surface area (Å²) in [6, 6.07) is 7.59. The van der Waals surface area contributed by atoms with Crippen LogP contribution < -0.4 is 9.47 Å². The topological polar surface area (TPSA) is 18.5 Å². The summed E-state index contributed by atoms with van der Waals surface area (Å²) in [6.45, 7) is 3.29. The van der Waals surface area contributed by atoms with E-state index in [2.05, 4.69) is 12.6 Å². The van der Waals surface area contributed by atoms with Crippen molar-refractivity contribution in [2.75, 3.05) is 19.0 Å². The Morgan fingerprint density at radius 2 is 1.62 bits per heavy atom. The maximum atomic E-state index is 5.36. The van der Waals surface area contributed by atoms with Gasteiger partial charge in [0.1, 0.15) is 11.5 Å². The van der Waals surface area contributed by atoms with Gasteiger partial charge in [-0.15, -0.1) is 0 Å². The molecule has 1 aromatic carbocycles. The summed E-state index contributed by atoms with van der Waals surface area (Å²) in [5, 5.41) is 0. The second-order valence-electron chi connectivity index (χ2n) is 2.48. The third-order valence-electron chi connectivity index (χ3n) is 1.49. The molecule has 0 aromatic heterocycles. The molecule has 3 heteroatoms. The lowest BCUT2D eigenvalue weighted by Gasteiger charge is -2.05. The molecule has 0 radical (unpaired) electrons. The highest BCUT2D eigenvalue weighted by Crippen LogP contribution is 2.17. The highest BCUT2D eigenvalue weighted by atomic mass is 32.1. The fourth-order valence-electron chi connectivity index (χ4n) is 0.962. The molecule has 0 heterocycles. The molecule has 0 atom stereocenters. The largest absolute Gasteiger partial charge is 0.494 e. The maximum absolute atomic E-state index is 5.36. The van der Waals surface area contributed by atoms with Crippen molar-refractivity contribution >= 4 is 12.6 Å². The van der Waals surface area contributed by atoms with Crippen LogP contribution in [-0.2, 0) is 0 Å². The van der Waals surface area contributed by atoms with Gasteiger partial charge in [-0.3, -0.25) is 0 Å². The van der Waals surface area contributed by atoms with Crippen LogP contribution in [0.25, 0.3) is 0 Å².